The molecule has 1 rings (SSSR count). The van der Waals surface area contributed by atoms with Gasteiger partial charge in [-0.1, -0.05) is 6.07 Å². The molecule has 1 heterocycles. The van der Waals surface area contributed by atoms with E-state index in [-0.39, 0.29) is 51.4 Å². The van der Waals surface area contributed by atoms with Crippen molar-refractivity contribution in [3.8, 4) is 0 Å². The summed E-state index contributed by atoms with van der Waals surface area (Å²) in [6.45, 7) is 5.03. The number of carboxylic acid groups (broad SMARTS) is 1. The van der Waals surface area contributed by atoms with E-state index in [1.165, 1.54) is 0 Å². The number of aliphatic carboxylic acids is 1. The van der Waals surface area contributed by atoms with Crippen LogP contribution < -0.4 is 56.5 Å². The first-order valence-corrected chi connectivity index (χ1v) is 4.10. The monoisotopic (exact) mass is 217 g/mol. The minimum atomic E-state index is -1.10. The van der Waals surface area contributed by atoms with Crippen molar-refractivity contribution in [3.63, 3.8) is 0 Å². The molecule has 0 N–H and O–H groups in total. The van der Waals surface area contributed by atoms with E-state index in [4.69, 9.17) is 0 Å². The first kappa shape index (κ1) is 14.3. The van der Waals surface area contributed by atoms with Gasteiger partial charge >= 0.3 is 51.4 Å². The maximum Gasteiger partial charge on any atom is 1.00 e. The van der Waals surface area contributed by atoms with Crippen LogP contribution in [-0.4, -0.2) is 11.0 Å². The molecule has 0 aliphatic carbocycles. The molecule has 0 aliphatic rings. The topological polar surface area (TPSA) is 53.0 Å². The molecule has 0 amide bonds. The van der Waals surface area contributed by atoms with Crippen LogP contribution in [0, 0.1) is 6.92 Å². The largest absolute Gasteiger partial charge is 1.00 e. The fourth-order valence-electron chi connectivity index (χ4n) is 1.24. The van der Waals surface area contributed by atoms with Gasteiger partial charge in [0.05, 0.1) is 11.7 Å². The van der Waals surface area contributed by atoms with Crippen LogP contribution in [0.4, 0.5) is 0 Å². The summed E-state index contributed by atoms with van der Waals surface area (Å²) in [7, 11) is 0. The molecule has 1 aromatic rings. The van der Waals surface area contributed by atoms with Crippen LogP contribution in [0.2, 0.25) is 0 Å². The Bertz CT molecular complexity index is 337. The van der Waals surface area contributed by atoms with Gasteiger partial charge in [-0.3, -0.25) is 4.98 Å². The molecule has 0 aliphatic heterocycles. The van der Waals surface area contributed by atoms with Crippen LogP contribution in [0.15, 0.2) is 18.3 Å². The molecule has 1 aromatic heterocycles. The van der Waals surface area contributed by atoms with Crippen molar-refractivity contribution in [2.24, 2.45) is 0 Å². The third-order valence-corrected chi connectivity index (χ3v) is 2.11. The van der Waals surface area contributed by atoms with Crippen LogP contribution in [0.3, 0.4) is 0 Å². The minimum Gasteiger partial charge on any atom is -0.549 e. The molecule has 0 bridgehead atoms. The summed E-state index contributed by atoms with van der Waals surface area (Å²) in [4.78, 5) is 14.9. The number of aryl methyl sites for hydroxylation is 1. The Morgan fingerprint density at radius 3 is 2.50 bits per heavy atom. The second-order valence-corrected chi connectivity index (χ2v) is 3.58. The van der Waals surface area contributed by atoms with E-state index >= 15 is 0 Å². The first-order valence-electron chi connectivity index (χ1n) is 4.10. The third-order valence-electron chi connectivity index (χ3n) is 2.11. The van der Waals surface area contributed by atoms with Gasteiger partial charge in [0.2, 0.25) is 0 Å². The molecule has 0 unspecified atom stereocenters. The number of rotatable bonds is 2. The summed E-state index contributed by atoms with van der Waals surface area (Å²) in [5, 5.41) is 10.8. The molecular formula is C10H12KNO2. The summed E-state index contributed by atoms with van der Waals surface area (Å²) in [5.74, 6) is -1.10. The van der Waals surface area contributed by atoms with Gasteiger partial charge in [0.25, 0.3) is 0 Å². The number of hydrogen-bond acceptors (Lipinski definition) is 3. The molecule has 3 nitrogen and oxygen atoms in total. The molecule has 0 fully saturated rings. The quantitative estimate of drug-likeness (QED) is 0.511. The zero-order chi connectivity index (χ0) is 10.1. The molecular weight excluding hydrogens is 205 g/mol. The Hall–Kier alpha value is 0.256. The Morgan fingerprint density at radius 2 is 2.07 bits per heavy atom. The predicted octanol–water partition coefficient (Wildman–Crippen LogP) is -2.58. The molecule has 0 spiro atoms. The van der Waals surface area contributed by atoms with Gasteiger partial charge < -0.3 is 9.90 Å². The SMILES string of the molecule is Cc1cccnc1C(C)(C)C(=O)[O-].[K+]. The predicted molar refractivity (Wildman–Crippen MR) is 47.0 cm³/mol. The van der Waals surface area contributed by atoms with E-state index in [1.807, 2.05) is 13.0 Å². The normalized spacial score (nSPS) is 10.5. The number of hydrogen-bond donors (Lipinski definition) is 0. The van der Waals surface area contributed by atoms with Gasteiger partial charge in [-0.25, -0.2) is 0 Å². The summed E-state index contributed by atoms with van der Waals surface area (Å²) in [5.41, 5.74) is 0.414. The number of nitrogens with zero attached hydrogens (tertiary/aromatic N) is 1. The van der Waals surface area contributed by atoms with Crippen molar-refractivity contribution >= 4 is 5.97 Å². The number of pyridine rings is 1. The average Bonchev–Trinajstić information content (AvgIpc) is 2.04. The molecule has 0 radical (unpaired) electrons. The zero-order valence-corrected chi connectivity index (χ0v) is 12.1. The first-order chi connectivity index (χ1) is 5.96. The molecule has 70 valence electrons. The van der Waals surface area contributed by atoms with Crippen molar-refractivity contribution in [1.29, 1.82) is 0 Å². The van der Waals surface area contributed by atoms with Gasteiger partial charge in [0, 0.05) is 11.6 Å². The van der Waals surface area contributed by atoms with Crippen LogP contribution in [0.25, 0.3) is 0 Å². The van der Waals surface area contributed by atoms with E-state index in [0.717, 1.165) is 5.56 Å². The summed E-state index contributed by atoms with van der Waals surface area (Å²) < 4.78 is 0. The molecule has 4 heteroatoms. The van der Waals surface area contributed by atoms with Gasteiger partial charge in [0.15, 0.2) is 0 Å². The van der Waals surface area contributed by atoms with Crippen molar-refractivity contribution < 1.29 is 61.3 Å². The molecule has 0 aromatic carbocycles. The van der Waals surface area contributed by atoms with E-state index in [9.17, 15) is 9.90 Å². The molecule has 0 atom stereocenters. The average molecular weight is 217 g/mol. The van der Waals surface area contributed by atoms with Crippen LogP contribution in [0.5, 0.6) is 0 Å². The van der Waals surface area contributed by atoms with Crippen LogP contribution >= 0.6 is 0 Å². The standard InChI is InChI=1S/C10H13NO2.K/c1-7-5-4-6-11-8(7)10(2,3)9(12)13;/h4-6H,1-3H3,(H,12,13);/q;+1/p-1. The van der Waals surface area contributed by atoms with Crippen molar-refractivity contribution in [1.82, 2.24) is 4.98 Å². The van der Waals surface area contributed by atoms with Gasteiger partial charge in [-0.15, -0.1) is 0 Å². The van der Waals surface area contributed by atoms with Crippen molar-refractivity contribution in [3.05, 3.63) is 29.6 Å². The smallest absolute Gasteiger partial charge is 0.549 e. The second kappa shape index (κ2) is 5.37. The van der Waals surface area contributed by atoms with E-state index < -0.39 is 11.4 Å². The minimum absolute atomic E-state index is 0. The summed E-state index contributed by atoms with van der Waals surface area (Å²) in [6, 6.07) is 3.62. The van der Waals surface area contributed by atoms with Crippen molar-refractivity contribution in [2.45, 2.75) is 26.2 Å². The molecule has 0 saturated carbocycles. The zero-order valence-electron chi connectivity index (χ0n) is 9.00. The Labute approximate surface area is 126 Å². The van der Waals surface area contributed by atoms with Gasteiger partial charge in [-0.2, -0.15) is 0 Å². The Balaban J connectivity index is 0.00000169. The van der Waals surface area contributed by atoms with Gasteiger partial charge in [0.1, 0.15) is 0 Å². The molecule has 0 saturated heterocycles. The summed E-state index contributed by atoms with van der Waals surface area (Å²) in [6.07, 6.45) is 1.59. The summed E-state index contributed by atoms with van der Waals surface area (Å²) >= 11 is 0. The fraction of sp³-hybridized carbons (Fsp3) is 0.400. The van der Waals surface area contributed by atoms with Crippen LogP contribution in [-0.2, 0) is 10.2 Å². The van der Waals surface area contributed by atoms with E-state index in [0.29, 0.717) is 5.69 Å². The molecule has 14 heavy (non-hydrogen) atoms. The van der Waals surface area contributed by atoms with Crippen molar-refractivity contribution in [2.75, 3.05) is 0 Å². The van der Waals surface area contributed by atoms with E-state index in [2.05, 4.69) is 4.98 Å². The van der Waals surface area contributed by atoms with Gasteiger partial charge in [-0.05, 0) is 32.4 Å². The number of aromatic nitrogens is 1. The maximum absolute atomic E-state index is 10.8. The second-order valence-electron chi connectivity index (χ2n) is 3.58. The van der Waals surface area contributed by atoms with Crippen LogP contribution in [0.1, 0.15) is 25.1 Å². The number of carbonyl (C=O) groups excluding carboxylic acids is 1. The van der Waals surface area contributed by atoms with E-state index in [1.54, 1.807) is 26.1 Å². The maximum atomic E-state index is 10.8. The Morgan fingerprint density at radius 1 is 1.50 bits per heavy atom. The number of carbonyl (C=O) groups is 1. The fourth-order valence-corrected chi connectivity index (χ4v) is 1.24. The number of carboxylic acids is 1. The Kier molecular flexibility index (Phi) is 5.47. The third kappa shape index (κ3) is 2.87.